The Kier molecular flexibility index (Phi) is 7.21. The van der Waals surface area contributed by atoms with Gasteiger partial charge in [0.05, 0.1) is 0 Å². The molecule has 1 aliphatic heterocycles. The van der Waals surface area contributed by atoms with Crippen molar-refractivity contribution >= 4 is 50.7 Å². The van der Waals surface area contributed by atoms with Crippen molar-refractivity contribution in [1.29, 1.82) is 0 Å². The van der Waals surface area contributed by atoms with Crippen LogP contribution in [0.5, 0.6) is 0 Å². The summed E-state index contributed by atoms with van der Waals surface area (Å²) in [4.78, 5) is 9.29. The third-order valence-corrected chi connectivity index (χ3v) is 10.0. The number of rotatable bonds is 5. The molecule has 0 atom stereocenters. The van der Waals surface area contributed by atoms with Crippen LogP contribution in [0.2, 0.25) is 0 Å². The van der Waals surface area contributed by atoms with Crippen molar-refractivity contribution in [3.63, 3.8) is 0 Å². The average molecular weight is 934 g/mol. The minimum absolute atomic E-state index is 0. The third kappa shape index (κ3) is 6.86. The van der Waals surface area contributed by atoms with Gasteiger partial charge in [0.15, 0.2) is 0 Å². The van der Waals surface area contributed by atoms with Crippen LogP contribution in [0.4, 0.5) is 31.5 Å². The first-order valence-electron chi connectivity index (χ1n) is 22.5. The van der Waals surface area contributed by atoms with Crippen LogP contribution in [0.15, 0.2) is 109 Å². The Bertz CT molecular complexity index is 3020. The molecular formula is C48H45F2N5Pt+2. The molecule has 284 valence electrons. The van der Waals surface area contributed by atoms with E-state index >= 15 is 8.78 Å². The minimum atomic E-state index is -3.66. The van der Waals surface area contributed by atoms with Crippen LogP contribution in [0.3, 0.4) is 0 Å². The van der Waals surface area contributed by atoms with Crippen LogP contribution in [0.1, 0.15) is 102 Å². The summed E-state index contributed by atoms with van der Waals surface area (Å²) in [5.74, 6) is -3.11. The van der Waals surface area contributed by atoms with Gasteiger partial charge >= 0.3 is 27.1 Å². The van der Waals surface area contributed by atoms with Gasteiger partial charge in [-0.25, -0.2) is 13.8 Å². The fourth-order valence-electron chi connectivity index (χ4n) is 6.88. The van der Waals surface area contributed by atoms with E-state index in [0.29, 0.717) is 39.5 Å². The monoisotopic (exact) mass is 933 g/mol. The Morgan fingerprint density at radius 2 is 1.34 bits per heavy atom. The Labute approximate surface area is 355 Å². The van der Waals surface area contributed by atoms with Crippen LogP contribution in [0, 0.1) is 12.1 Å². The molecule has 0 spiro atoms. The van der Waals surface area contributed by atoms with Gasteiger partial charge in [0.25, 0.3) is 17.3 Å². The summed E-state index contributed by atoms with van der Waals surface area (Å²) in [5.41, 5.74) is -0.379. The average Bonchev–Trinajstić information content (AvgIpc) is 3.75. The molecule has 7 aromatic rings. The van der Waals surface area contributed by atoms with E-state index in [1.807, 2.05) is 61.7 Å². The molecule has 0 N–H and O–H groups in total. The van der Waals surface area contributed by atoms with Gasteiger partial charge in [0.1, 0.15) is 11.5 Å². The number of hydrogen-bond acceptors (Lipinski definition) is 2. The summed E-state index contributed by atoms with van der Waals surface area (Å²) in [7, 11) is 0. The Morgan fingerprint density at radius 3 is 2.02 bits per heavy atom. The normalized spacial score (nSPS) is 16.5. The van der Waals surface area contributed by atoms with Crippen molar-refractivity contribution in [2.45, 2.75) is 84.3 Å². The summed E-state index contributed by atoms with van der Waals surface area (Å²) in [6.45, 7) is 1.74. The number of halogens is 2. The number of hydrogen-bond donors (Lipinski definition) is 0. The summed E-state index contributed by atoms with van der Waals surface area (Å²) >= 11 is 0. The number of aromatic nitrogens is 3. The third-order valence-electron chi connectivity index (χ3n) is 10.0. The van der Waals surface area contributed by atoms with Crippen molar-refractivity contribution in [3.8, 4) is 5.82 Å². The molecule has 1 aliphatic rings. The Hall–Kier alpha value is -5.09. The number of benzene rings is 4. The van der Waals surface area contributed by atoms with Gasteiger partial charge in [-0.15, -0.1) is 11.6 Å². The number of pyridine rings is 2. The van der Waals surface area contributed by atoms with Crippen LogP contribution in [0.25, 0.3) is 27.8 Å². The van der Waals surface area contributed by atoms with Gasteiger partial charge in [-0.3, -0.25) is 0 Å². The fourth-order valence-corrected chi connectivity index (χ4v) is 6.88. The van der Waals surface area contributed by atoms with Crippen molar-refractivity contribution < 1.29 is 42.2 Å². The van der Waals surface area contributed by atoms with Gasteiger partial charge < -0.3 is 9.55 Å². The zero-order valence-corrected chi connectivity index (χ0v) is 34.0. The molecule has 4 aromatic carbocycles. The Balaban J connectivity index is 0.00000630. The van der Waals surface area contributed by atoms with Crippen molar-refractivity contribution in [2.75, 3.05) is 0 Å². The Morgan fingerprint density at radius 1 is 0.679 bits per heavy atom. The van der Waals surface area contributed by atoms with E-state index in [0.717, 1.165) is 22.7 Å². The maximum absolute atomic E-state index is 17.4. The van der Waals surface area contributed by atoms with Crippen molar-refractivity contribution in [2.24, 2.45) is 0 Å². The summed E-state index contributed by atoms with van der Waals surface area (Å²) < 4.78 is 113. The van der Waals surface area contributed by atoms with Crippen LogP contribution in [-0.4, -0.2) is 20.5 Å². The smallest absolute Gasteiger partial charge is 0.380 e. The molecule has 0 radical (unpaired) electrons. The van der Waals surface area contributed by atoms with Crippen molar-refractivity contribution in [3.05, 3.63) is 149 Å². The van der Waals surface area contributed by atoms with Gasteiger partial charge in [-0.05, 0) is 66.6 Å². The number of para-hydroxylation sites is 3. The minimum Gasteiger partial charge on any atom is -0.380 e. The summed E-state index contributed by atoms with van der Waals surface area (Å²) in [6.07, 6.45) is 2.87. The van der Waals surface area contributed by atoms with E-state index in [1.54, 1.807) is 45.7 Å². The molecule has 5 nitrogen and oxygen atoms in total. The quantitative estimate of drug-likeness (QED) is 0.127. The maximum atomic E-state index is 17.4. The molecule has 56 heavy (non-hydrogen) atoms. The van der Waals surface area contributed by atoms with Gasteiger partial charge in [0.2, 0.25) is 5.69 Å². The SMILES string of the molecule is [2H]C([2H])([2H])C(c1ccc([N+]2=C=[N+](c3[c-]c(C(F)(F)c4[c-]c5c(nc4)c4ccccc4n5-c4cc(C(C)(C)C)ccn4)cc(C(C)(C)C)c3)c3ccccc32)cc1)(C([2H])([2H])[2H])C([2H])([2H])[2H].[Pt+2]. The fraction of sp³-hybridized carbons (Fsp3) is 0.271. The van der Waals surface area contributed by atoms with E-state index in [2.05, 4.69) is 48.9 Å². The van der Waals surface area contributed by atoms with E-state index < -0.39 is 54.0 Å². The standard InChI is InChI=1S/C48H45F2N5.Pt/c1-45(2,3)31-18-20-36(21-19-31)53-30-54(41-17-13-12-16-40(41)53)37-25-33(47(7,8)9)24-34(26-37)48(49,50)35-27-42-44(52-29-35)38-14-10-11-15-39(38)55(42)43-28-32(22-23-51-43)46(4,5)6;/h10-25,28-29H,1-9H3;/q;+2/i1D3,2D3,3D3;. The summed E-state index contributed by atoms with van der Waals surface area (Å²) in [5, 5.41) is 0.763. The van der Waals surface area contributed by atoms with E-state index in [-0.39, 0.29) is 32.2 Å². The zero-order valence-electron chi connectivity index (χ0n) is 40.7. The number of fused-ring (bicyclic) bond motifs is 4. The summed E-state index contributed by atoms with van der Waals surface area (Å²) in [6, 6.07) is 36.3. The molecule has 0 bridgehead atoms. The number of alkyl halides is 2. The van der Waals surface area contributed by atoms with Crippen molar-refractivity contribution in [1.82, 2.24) is 23.7 Å². The zero-order chi connectivity index (χ0) is 46.6. The molecule has 0 saturated heterocycles. The topological polar surface area (TPSA) is 36.7 Å². The predicted molar refractivity (Wildman–Crippen MR) is 220 cm³/mol. The van der Waals surface area contributed by atoms with E-state index in [4.69, 9.17) is 12.3 Å². The van der Waals surface area contributed by atoms with Gasteiger partial charge in [0, 0.05) is 48.3 Å². The first kappa shape index (κ1) is 29.2. The van der Waals surface area contributed by atoms with Crippen LogP contribution in [-0.2, 0) is 43.2 Å². The molecule has 8 heteroatoms. The first-order valence-corrected chi connectivity index (χ1v) is 18.0. The van der Waals surface area contributed by atoms with Gasteiger partial charge in [-0.2, -0.15) is 6.07 Å². The van der Waals surface area contributed by atoms with E-state index in [1.165, 1.54) is 30.3 Å². The second-order valence-electron chi connectivity index (χ2n) is 16.0. The van der Waals surface area contributed by atoms with E-state index in [9.17, 15) is 0 Å². The predicted octanol–water partition coefficient (Wildman–Crippen LogP) is 12.1. The maximum Gasteiger partial charge on any atom is 2.00 e. The van der Waals surface area contributed by atoms with Gasteiger partial charge in [-0.1, -0.05) is 139 Å². The molecule has 0 unspecified atom stereocenters. The number of nitrogens with zero attached hydrogens (tertiary/aromatic N) is 5. The second kappa shape index (κ2) is 13.8. The first-order chi connectivity index (χ1) is 29.7. The van der Waals surface area contributed by atoms with Crippen LogP contribution < -0.4 is 9.15 Å². The molecular weight excluding hydrogens is 880 g/mol. The molecule has 3 aromatic heterocycles. The molecule has 0 fully saturated rings. The molecule has 8 rings (SSSR count). The van der Waals surface area contributed by atoms with Crippen LogP contribution >= 0.6 is 0 Å². The molecule has 0 amide bonds. The second-order valence-corrected chi connectivity index (χ2v) is 16.0. The largest absolute Gasteiger partial charge is 2.00 e. The molecule has 4 heterocycles. The molecule has 0 saturated carbocycles. The molecule has 0 aliphatic carbocycles.